The molecule has 0 radical (unpaired) electrons. The Bertz CT molecular complexity index is 1660. The number of rotatable bonds is 8. The molecular formula is C26H23ClFN5O5. The molecule has 0 fully saturated rings. The number of carboxylic acids is 1. The highest BCUT2D eigenvalue weighted by atomic mass is 35.5. The van der Waals surface area contributed by atoms with Crippen LogP contribution in [0.2, 0.25) is 5.02 Å². The fourth-order valence-electron chi connectivity index (χ4n) is 3.44. The molecule has 0 aliphatic rings. The summed E-state index contributed by atoms with van der Waals surface area (Å²) in [4.78, 5) is 48.7. The quantitative estimate of drug-likeness (QED) is 0.351. The zero-order valence-electron chi connectivity index (χ0n) is 20.4. The summed E-state index contributed by atoms with van der Waals surface area (Å²) in [5, 5.41) is 9.99. The number of benzene rings is 2. The summed E-state index contributed by atoms with van der Waals surface area (Å²) in [5.74, 6) is -1.80. The molecule has 10 nitrogen and oxygen atoms in total. The molecule has 0 bridgehead atoms. The van der Waals surface area contributed by atoms with Crippen molar-refractivity contribution in [2.24, 2.45) is 10.4 Å². The minimum Gasteiger partial charge on any atom is -0.481 e. The van der Waals surface area contributed by atoms with Gasteiger partial charge in [-0.1, -0.05) is 29.8 Å². The zero-order chi connectivity index (χ0) is 27.4. The molecule has 0 saturated heterocycles. The van der Waals surface area contributed by atoms with Crippen molar-refractivity contribution in [3.63, 3.8) is 0 Å². The smallest absolute Gasteiger partial charge is 0.335 e. The van der Waals surface area contributed by atoms with Gasteiger partial charge in [0.1, 0.15) is 0 Å². The summed E-state index contributed by atoms with van der Waals surface area (Å²) in [6.45, 7) is 2.40. The van der Waals surface area contributed by atoms with Crippen LogP contribution < -0.4 is 21.7 Å². The van der Waals surface area contributed by atoms with Crippen LogP contribution >= 0.6 is 11.6 Å². The van der Waals surface area contributed by atoms with Crippen molar-refractivity contribution in [2.75, 3.05) is 0 Å². The first-order valence-electron chi connectivity index (χ1n) is 11.4. The predicted molar refractivity (Wildman–Crippen MR) is 137 cm³/mol. The third-order valence-corrected chi connectivity index (χ3v) is 5.82. The van der Waals surface area contributed by atoms with Gasteiger partial charge in [-0.2, -0.15) is 0 Å². The van der Waals surface area contributed by atoms with E-state index in [1.54, 1.807) is 42.5 Å². The molecule has 4 aromatic rings. The second kappa shape index (κ2) is 10.9. The topological polar surface area (TPSA) is 132 Å². The molecule has 2 N–H and O–H groups in total. The number of H-pyrrole nitrogens is 1. The fourth-order valence-corrected chi connectivity index (χ4v) is 3.57. The maximum Gasteiger partial charge on any atom is 0.335 e. The Kier molecular flexibility index (Phi) is 7.58. The number of nitrogens with one attached hydrogen (secondary N) is 1. The van der Waals surface area contributed by atoms with E-state index in [1.807, 2.05) is 0 Å². The number of hydrogen-bond donors (Lipinski definition) is 2. The van der Waals surface area contributed by atoms with E-state index in [-0.39, 0.29) is 36.0 Å². The number of nitrogens with zero attached hydrogens (tertiary/aromatic N) is 4. The summed E-state index contributed by atoms with van der Waals surface area (Å²) in [5.41, 5.74) is -2.44. The molecule has 4 rings (SSSR count). The van der Waals surface area contributed by atoms with Crippen LogP contribution in [0.4, 0.5) is 10.1 Å². The number of halogens is 2. The van der Waals surface area contributed by atoms with Gasteiger partial charge in [0.25, 0.3) is 0 Å². The van der Waals surface area contributed by atoms with Gasteiger partial charge in [0.05, 0.1) is 17.6 Å². The molecule has 38 heavy (non-hydrogen) atoms. The summed E-state index contributed by atoms with van der Waals surface area (Å²) < 4.78 is 22.2. The molecule has 0 amide bonds. The Labute approximate surface area is 220 Å². The normalized spacial score (nSPS) is 11.9. The average molecular weight is 540 g/mol. The van der Waals surface area contributed by atoms with Crippen molar-refractivity contribution in [2.45, 2.75) is 26.9 Å². The van der Waals surface area contributed by atoms with E-state index in [0.717, 1.165) is 10.6 Å². The minimum absolute atomic E-state index is 0.0253. The molecule has 0 saturated carbocycles. The molecule has 0 spiro atoms. The summed E-state index contributed by atoms with van der Waals surface area (Å²) in [6, 6.07) is 15.5. The number of aliphatic carboxylic acids is 1. The van der Waals surface area contributed by atoms with E-state index in [1.165, 1.54) is 36.7 Å². The highest BCUT2D eigenvalue weighted by Gasteiger charge is 2.29. The summed E-state index contributed by atoms with van der Waals surface area (Å²) in [6.07, 6.45) is 1.51. The van der Waals surface area contributed by atoms with E-state index >= 15 is 0 Å². The number of pyridine rings is 1. The number of hydrogen-bond acceptors (Lipinski definition) is 6. The van der Waals surface area contributed by atoms with Gasteiger partial charge >= 0.3 is 17.3 Å². The van der Waals surface area contributed by atoms with E-state index in [4.69, 9.17) is 16.3 Å². The van der Waals surface area contributed by atoms with Gasteiger partial charge in [0.2, 0.25) is 11.5 Å². The Morgan fingerprint density at radius 2 is 1.87 bits per heavy atom. The van der Waals surface area contributed by atoms with Crippen molar-refractivity contribution < 1.29 is 19.0 Å². The SMILES string of the molecule is CC(C)(Cn1c(=O)[nH]/c(=N\c2ccc(Oc3ccccn3)c(F)c2)n(Cc2ccc(Cl)cc2)c1=O)C(=O)O. The number of carbonyl (C=O) groups is 1. The van der Waals surface area contributed by atoms with Crippen LogP contribution in [0.25, 0.3) is 0 Å². The summed E-state index contributed by atoms with van der Waals surface area (Å²) >= 11 is 5.97. The first-order valence-corrected chi connectivity index (χ1v) is 11.8. The first kappa shape index (κ1) is 26.6. The lowest BCUT2D eigenvalue weighted by atomic mass is 9.94. The van der Waals surface area contributed by atoms with Crippen molar-refractivity contribution in [3.8, 4) is 11.6 Å². The monoisotopic (exact) mass is 539 g/mol. The van der Waals surface area contributed by atoms with Crippen molar-refractivity contribution >= 4 is 23.3 Å². The summed E-state index contributed by atoms with van der Waals surface area (Å²) in [7, 11) is 0. The molecule has 12 heteroatoms. The van der Waals surface area contributed by atoms with E-state index in [0.29, 0.717) is 10.6 Å². The van der Waals surface area contributed by atoms with E-state index in [2.05, 4.69) is 15.0 Å². The van der Waals surface area contributed by atoms with Crippen LogP contribution in [-0.4, -0.2) is 30.2 Å². The third-order valence-electron chi connectivity index (χ3n) is 5.57. The van der Waals surface area contributed by atoms with Crippen molar-refractivity contribution in [1.82, 2.24) is 19.1 Å². The first-order chi connectivity index (χ1) is 18.0. The molecule has 0 unspecified atom stereocenters. The van der Waals surface area contributed by atoms with Gasteiger partial charge in [0, 0.05) is 29.9 Å². The van der Waals surface area contributed by atoms with Crippen LogP contribution in [0.5, 0.6) is 11.6 Å². The highest BCUT2D eigenvalue weighted by molar-refractivity contribution is 6.30. The molecule has 0 aliphatic heterocycles. The zero-order valence-corrected chi connectivity index (χ0v) is 21.1. The third kappa shape index (κ3) is 6.06. The van der Waals surface area contributed by atoms with Gasteiger partial charge in [-0.3, -0.25) is 14.3 Å². The maximum atomic E-state index is 14.8. The molecule has 0 atom stereocenters. The van der Waals surface area contributed by atoms with Gasteiger partial charge in [-0.05, 0) is 49.7 Å². The second-order valence-corrected chi connectivity index (χ2v) is 9.46. The Morgan fingerprint density at radius 3 is 2.50 bits per heavy atom. The molecule has 2 aromatic heterocycles. The van der Waals surface area contributed by atoms with Crippen LogP contribution in [0, 0.1) is 11.2 Å². The van der Waals surface area contributed by atoms with E-state index < -0.39 is 28.6 Å². The lowest BCUT2D eigenvalue weighted by Crippen LogP contribution is -2.52. The number of carboxylic acid groups (broad SMARTS) is 1. The number of aromatic nitrogens is 4. The van der Waals surface area contributed by atoms with Crippen molar-refractivity contribution in [3.05, 3.63) is 110 Å². The van der Waals surface area contributed by atoms with Gasteiger partial charge in [0.15, 0.2) is 11.6 Å². The van der Waals surface area contributed by atoms with Crippen LogP contribution in [0.15, 0.2) is 81.4 Å². The second-order valence-electron chi connectivity index (χ2n) is 9.02. The minimum atomic E-state index is -1.40. The molecule has 0 aliphatic carbocycles. The van der Waals surface area contributed by atoms with Gasteiger partial charge in [-0.15, -0.1) is 0 Å². The van der Waals surface area contributed by atoms with Crippen LogP contribution in [0.1, 0.15) is 19.4 Å². The predicted octanol–water partition coefficient (Wildman–Crippen LogP) is 3.71. The Morgan fingerprint density at radius 1 is 1.13 bits per heavy atom. The Hall–Kier alpha value is -4.51. The molecule has 196 valence electrons. The Balaban J connectivity index is 1.81. The largest absolute Gasteiger partial charge is 0.481 e. The standard InChI is InChI=1S/C26H23ClFN5O5/c1-26(2,22(34)35)15-33-24(36)31-23(32(25(33)37)14-16-6-8-17(27)9-7-16)30-18-10-11-20(19(28)13-18)38-21-5-3-4-12-29-21/h3-13H,14-15H2,1-2H3,(H,34,35)(H,30,31,36). The average Bonchev–Trinajstić information content (AvgIpc) is 2.87. The highest BCUT2D eigenvalue weighted by Crippen LogP contribution is 2.26. The molecule has 2 aromatic carbocycles. The van der Waals surface area contributed by atoms with Gasteiger partial charge < -0.3 is 9.84 Å². The lowest BCUT2D eigenvalue weighted by molar-refractivity contribution is -0.147. The lowest BCUT2D eigenvalue weighted by Gasteiger charge is -2.20. The van der Waals surface area contributed by atoms with Gasteiger partial charge in [-0.25, -0.2) is 28.5 Å². The number of ether oxygens (including phenoxy) is 1. The molecular weight excluding hydrogens is 517 g/mol. The van der Waals surface area contributed by atoms with E-state index in [9.17, 15) is 23.9 Å². The van der Waals surface area contributed by atoms with Crippen LogP contribution in [0.3, 0.4) is 0 Å². The fraction of sp³-hybridized carbons (Fsp3) is 0.192. The maximum absolute atomic E-state index is 14.8. The molecule has 2 heterocycles. The van der Waals surface area contributed by atoms with Crippen molar-refractivity contribution in [1.29, 1.82) is 0 Å². The van der Waals surface area contributed by atoms with Crippen LogP contribution in [-0.2, 0) is 17.9 Å². The number of aromatic amines is 1.